The normalized spacial score (nSPS) is 22.9. The molecule has 0 aromatic carbocycles. The maximum atomic E-state index is 12.4. The van der Waals surface area contributed by atoms with Gasteiger partial charge in [-0.05, 0) is 25.7 Å². The van der Waals surface area contributed by atoms with E-state index in [-0.39, 0.29) is 22.8 Å². The zero-order chi connectivity index (χ0) is 14.1. The number of nitrogens with zero attached hydrogens (tertiary/aromatic N) is 2. The van der Waals surface area contributed by atoms with Crippen LogP contribution in [0.1, 0.15) is 48.0 Å². The summed E-state index contributed by atoms with van der Waals surface area (Å²) in [7, 11) is 0. The van der Waals surface area contributed by atoms with Gasteiger partial charge in [-0.25, -0.2) is 0 Å². The van der Waals surface area contributed by atoms with Crippen LogP contribution in [-0.4, -0.2) is 46.3 Å². The van der Waals surface area contributed by atoms with Crippen molar-refractivity contribution in [2.45, 2.75) is 53.5 Å². The van der Waals surface area contributed by atoms with E-state index >= 15 is 0 Å². The van der Waals surface area contributed by atoms with Gasteiger partial charge in [-0.15, -0.1) is 0 Å². The molecule has 0 spiro atoms. The van der Waals surface area contributed by atoms with Crippen LogP contribution >= 0.6 is 0 Å². The number of rotatable bonds is 2. The van der Waals surface area contributed by atoms with E-state index in [2.05, 4.69) is 20.8 Å². The Balaban J connectivity index is 2.63. The quantitative estimate of drug-likeness (QED) is 0.825. The molecule has 1 aliphatic heterocycles. The molecule has 1 unspecified atom stereocenters. The summed E-state index contributed by atoms with van der Waals surface area (Å²) in [5.41, 5.74) is -0.182. The Morgan fingerprint density at radius 2 is 1.89 bits per heavy atom. The minimum Gasteiger partial charge on any atom is -0.339 e. The molecule has 18 heavy (non-hydrogen) atoms. The average molecular weight is 256 g/mol. The Hall–Kier alpha value is -0.610. The smallest absolute Gasteiger partial charge is 0.225 e. The van der Waals surface area contributed by atoms with E-state index in [1.54, 1.807) is 0 Å². The number of piperazine rings is 1. The second-order valence-corrected chi connectivity index (χ2v) is 7.36. The molecule has 1 rings (SSSR count). The molecular formula is C14H28N2O2. The largest absolute Gasteiger partial charge is 0.339 e. The van der Waals surface area contributed by atoms with Crippen LogP contribution in [0.3, 0.4) is 0 Å². The van der Waals surface area contributed by atoms with Crippen molar-refractivity contribution < 1.29 is 10.0 Å². The highest BCUT2D eigenvalue weighted by Gasteiger charge is 2.36. The average Bonchev–Trinajstić information content (AvgIpc) is 2.18. The molecule has 0 saturated carbocycles. The van der Waals surface area contributed by atoms with Crippen LogP contribution in [0.15, 0.2) is 0 Å². The highest BCUT2D eigenvalue weighted by Crippen LogP contribution is 2.27. The molecule has 1 amide bonds. The number of hydrogen-bond donors (Lipinski definition) is 1. The molecule has 0 aromatic heterocycles. The van der Waals surface area contributed by atoms with Crippen LogP contribution in [0, 0.1) is 11.3 Å². The summed E-state index contributed by atoms with van der Waals surface area (Å²) in [6.07, 6.45) is 0.894. The van der Waals surface area contributed by atoms with E-state index < -0.39 is 0 Å². The van der Waals surface area contributed by atoms with E-state index in [1.165, 1.54) is 5.06 Å². The predicted molar refractivity (Wildman–Crippen MR) is 72.4 cm³/mol. The Bertz CT molecular complexity index is 307. The summed E-state index contributed by atoms with van der Waals surface area (Å²) in [4.78, 5) is 14.3. The minimum absolute atomic E-state index is 0.0473. The highest BCUT2D eigenvalue weighted by molar-refractivity contribution is 5.78. The molecule has 0 aliphatic carbocycles. The van der Waals surface area contributed by atoms with Gasteiger partial charge in [0.15, 0.2) is 0 Å². The first kappa shape index (κ1) is 15.4. The first-order valence-corrected chi connectivity index (χ1v) is 6.78. The van der Waals surface area contributed by atoms with Crippen LogP contribution in [-0.2, 0) is 4.79 Å². The van der Waals surface area contributed by atoms with Crippen molar-refractivity contribution in [2.24, 2.45) is 11.3 Å². The molecule has 1 atom stereocenters. The molecule has 4 heteroatoms. The predicted octanol–water partition coefficient (Wildman–Crippen LogP) is 2.37. The van der Waals surface area contributed by atoms with Crippen molar-refractivity contribution in [2.75, 3.05) is 19.6 Å². The lowest BCUT2D eigenvalue weighted by Gasteiger charge is -2.44. The van der Waals surface area contributed by atoms with Gasteiger partial charge in [0.25, 0.3) is 0 Å². The van der Waals surface area contributed by atoms with Gasteiger partial charge in [0.05, 0.1) is 5.54 Å². The Labute approximate surface area is 111 Å². The van der Waals surface area contributed by atoms with Crippen LogP contribution in [0.25, 0.3) is 0 Å². The lowest BCUT2D eigenvalue weighted by atomic mass is 9.84. The molecule has 106 valence electrons. The molecule has 1 aliphatic rings. The number of carbonyl (C=O) groups is 1. The molecule has 0 aromatic rings. The van der Waals surface area contributed by atoms with E-state index in [4.69, 9.17) is 0 Å². The van der Waals surface area contributed by atoms with Crippen LogP contribution < -0.4 is 0 Å². The summed E-state index contributed by atoms with van der Waals surface area (Å²) < 4.78 is 0. The van der Waals surface area contributed by atoms with Gasteiger partial charge in [0.2, 0.25) is 5.91 Å². The summed E-state index contributed by atoms with van der Waals surface area (Å²) in [6, 6.07) is 0. The van der Waals surface area contributed by atoms with Crippen molar-refractivity contribution in [1.82, 2.24) is 9.96 Å². The molecule has 1 fully saturated rings. The van der Waals surface area contributed by atoms with Gasteiger partial charge < -0.3 is 10.1 Å². The molecular weight excluding hydrogens is 228 g/mol. The van der Waals surface area contributed by atoms with E-state index in [0.717, 1.165) is 6.42 Å². The van der Waals surface area contributed by atoms with Gasteiger partial charge in [0.1, 0.15) is 0 Å². The molecule has 0 radical (unpaired) electrons. The molecule has 1 heterocycles. The van der Waals surface area contributed by atoms with Crippen molar-refractivity contribution in [3.8, 4) is 0 Å². The summed E-state index contributed by atoms with van der Waals surface area (Å²) in [5.74, 6) is 0.261. The maximum Gasteiger partial charge on any atom is 0.225 e. The third-order valence-electron chi connectivity index (χ3n) is 3.51. The second kappa shape index (κ2) is 5.17. The fourth-order valence-corrected chi connectivity index (χ4v) is 2.65. The highest BCUT2D eigenvalue weighted by atomic mass is 16.5. The minimum atomic E-state index is -0.352. The zero-order valence-corrected chi connectivity index (χ0v) is 12.7. The van der Waals surface area contributed by atoms with Crippen molar-refractivity contribution in [3.05, 3.63) is 0 Å². The standard InChI is InChI=1S/C14H28N2O2/c1-11(9-13(2,3)4)12(17)15-7-8-16(18)14(5,6)10-15/h11,18H,7-10H2,1-6H3. The second-order valence-electron chi connectivity index (χ2n) is 7.36. The molecule has 1 N–H and O–H groups in total. The third kappa shape index (κ3) is 3.95. The topological polar surface area (TPSA) is 43.8 Å². The molecule has 0 bridgehead atoms. The summed E-state index contributed by atoms with van der Waals surface area (Å²) in [5, 5.41) is 11.1. The fourth-order valence-electron chi connectivity index (χ4n) is 2.65. The monoisotopic (exact) mass is 256 g/mol. The van der Waals surface area contributed by atoms with Gasteiger partial charge in [0, 0.05) is 25.6 Å². The lowest BCUT2D eigenvalue weighted by Crippen LogP contribution is -2.59. The summed E-state index contributed by atoms with van der Waals surface area (Å²) >= 11 is 0. The van der Waals surface area contributed by atoms with Crippen molar-refractivity contribution in [3.63, 3.8) is 0 Å². The van der Waals surface area contributed by atoms with Crippen molar-refractivity contribution >= 4 is 5.91 Å². The van der Waals surface area contributed by atoms with Crippen LogP contribution in [0.5, 0.6) is 0 Å². The van der Waals surface area contributed by atoms with Gasteiger partial charge >= 0.3 is 0 Å². The van der Waals surface area contributed by atoms with Crippen LogP contribution in [0.2, 0.25) is 0 Å². The van der Waals surface area contributed by atoms with Gasteiger partial charge in [-0.1, -0.05) is 27.7 Å². The van der Waals surface area contributed by atoms with Gasteiger partial charge in [-0.3, -0.25) is 4.79 Å². The number of hydroxylamine groups is 2. The van der Waals surface area contributed by atoms with Gasteiger partial charge in [-0.2, -0.15) is 5.06 Å². The Kier molecular flexibility index (Phi) is 4.44. The number of carbonyl (C=O) groups excluding carboxylic acids is 1. The lowest BCUT2D eigenvalue weighted by molar-refractivity contribution is -0.194. The SMILES string of the molecule is CC(CC(C)(C)C)C(=O)N1CCN(O)C(C)(C)C1. The van der Waals surface area contributed by atoms with E-state index in [1.807, 2.05) is 25.7 Å². The number of hydrogen-bond acceptors (Lipinski definition) is 3. The van der Waals surface area contributed by atoms with Crippen LogP contribution in [0.4, 0.5) is 0 Å². The van der Waals surface area contributed by atoms with E-state index in [0.29, 0.717) is 19.6 Å². The molecule has 1 saturated heterocycles. The third-order valence-corrected chi connectivity index (χ3v) is 3.51. The fraction of sp³-hybridized carbons (Fsp3) is 0.929. The maximum absolute atomic E-state index is 12.4. The first-order valence-electron chi connectivity index (χ1n) is 6.78. The Morgan fingerprint density at radius 1 is 1.33 bits per heavy atom. The Morgan fingerprint density at radius 3 is 2.33 bits per heavy atom. The zero-order valence-electron chi connectivity index (χ0n) is 12.7. The molecule has 4 nitrogen and oxygen atoms in total. The number of amides is 1. The van der Waals surface area contributed by atoms with Crippen molar-refractivity contribution in [1.29, 1.82) is 0 Å². The first-order chi connectivity index (χ1) is 8.03. The summed E-state index contributed by atoms with van der Waals surface area (Å²) in [6.45, 7) is 14.1. The van der Waals surface area contributed by atoms with E-state index in [9.17, 15) is 10.0 Å².